The number of nitriles is 1. The van der Waals surface area contributed by atoms with Crippen LogP contribution in [0.15, 0.2) is 24.3 Å². The molecule has 0 fully saturated rings. The van der Waals surface area contributed by atoms with Gasteiger partial charge in [-0.3, -0.25) is 0 Å². The van der Waals surface area contributed by atoms with E-state index in [1.807, 2.05) is 6.92 Å². The third-order valence-electron chi connectivity index (χ3n) is 3.44. The molecule has 0 aliphatic carbocycles. The Balaban J connectivity index is 2.85. The van der Waals surface area contributed by atoms with Crippen LogP contribution in [0.5, 0.6) is 0 Å². The lowest BCUT2D eigenvalue weighted by molar-refractivity contribution is 0.404. The van der Waals surface area contributed by atoms with E-state index in [-0.39, 0.29) is 5.82 Å². The second-order valence-electron chi connectivity index (χ2n) is 4.90. The molecule has 0 aliphatic heterocycles. The summed E-state index contributed by atoms with van der Waals surface area (Å²) in [6.45, 7) is 6.27. The van der Waals surface area contributed by atoms with E-state index in [1.54, 1.807) is 12.1 Å². The SMILES string of the molecule is CCC(C)CC(C#N)(CC)Nc1ccc(F)cc1. The van der Waals surface area contributed by atoms with Crippen LogP contribution in [0.3, 0.4) is 0 Å². The number of hydrogen-bond acceptors (Lipinski definition) is 2. The van der Waals surface area contributed by atoms with Crippen molar-refractivity contribution >= 4 is 5.69 Å². The molecule has 0 heterocycles. The van der Waals surface area contributed by atoms with Gasteiger partial charge in [-0.15, -0.1) is 0 Å². The van der Waals surface area contributed by atoms with Crippen LogP contribution < -0.4 is 5.32 Å². The number of benzene rings is 1. The molecule has 0 saturated carbocycles. The van der Waals surface area contributed by atoms with Crippen molar-refractivity contribution in [2.24, 2.45) is 5.92 Å². The summed E-state index contributed by atoms with van der Waals surface area (Å²) in [5.41, 5.74) is 0.232. The van der Waals surface area contributed by atoms with Crippen LogP contribution in [0.4, 0.5) is 10.1 Å². The van der Waals surface area contributed by atoms with Gasteiger partial charge < -0.3 is 5.32 Å². The van der Waals surface area contributed by atoms with Crippen molar-refractivity contribution in [3.8, 4) is 6.07 Å². The maximum Gasteiger partial charge on any atom is 0.125 e. The fraction of sp³-hybridized carbons (Fsp3) is 0.533. The molecule has 0 saturated heterocycles. The van der Waals surface area contributed by atoms with E-state index in [4.69, 9.17) is 0 Å². The average Bonchev–Trinajstić information content (AvgIpc) is 2.40. The molecule has 1 aromatic rings. The Morgan fingerprint density at radius 3 is 2.39 bits per heavy atom. The Labute approximate surface area is 109 Å². The van der Waals surface area contributed by atoms with Crippen molar-refractivity contribution in [2.45, 2.75) is 45.6 Å². The summed E-state index contributed by atoms with van der Waals surface area (Å²) in [6, 6.07) is 8.55. The lowest BCUT2D eigenvalue weighted by Gasteiger charge is -2.30. The van der Waals surface area contributed by atoms with Gasteiger partial charge in [0.1, 0.15) is 11.4 Å². The Hall–Kier alpha value is -1.56. The van der Waals surface area contributed by atoms with Gasteiger partial charge in [-0.05, 0) is 43.0 Å². The zero-order valence-corrected chi connectivity index (χ0v) is 11.3. The van der Waals surface area contributed by atoms with Gasteiger partial charge in [0.15, 0.2) is 0 Å². The Bertz CT molecular complexity index is 407. The van der Waals surface area contributed by atoms with Gasteiger partial charge in [-0.1, -0.05) is 27.2 Å². The van der Waals surface area contributed by atoms with Crippen LogP contribution in [0.1, 0.15) is 40.0 Å². The van der Waals surface area contributed by atoms with E-state index >= 15 is 0 Å². The Kier molecular flexibility index (Phi) is 5.15. The second-order valence-corrected chi connectivity index (χ2v) is 4.90. The zero-order chi connectivity index (χ0) is 13.6. The van der Waals surface area contributed by atoms with Crippen molar-refractivity contribution in [1.82, 2.24) is 0 Å². The largest absolute Gasteiger partial charge is 0.367 e. The van der Waals surface area contributed by atoms with Crippen LogP contribution in [-0.4, -0.2) is 5.54 Å². The monoisotopic (exact) mass is 248 g/mol. The number of hydrogen-bond donors (Lipinski definition) is 1. The van der Waals surface area contributed by atoms with E-state index < -0.39 is 5.54 Å². The van der Waals surface area contributed by atoms with E-state index in [9.17, 15) is 9.65 Å². The highest BCUT2D eigenvalue weighted by Gasteiger charge is 2.29. The third kappa shape index (κ3) is 3.73. The standard InChI is InChI=1S/C15H21FN2/c1-4-12(3)10-15(5-2,11-17)18-14-8-6-13(16)7-9-14/h6-9,12,18H,4-5,10H2,1-3H3. The Morgan fingerprint density at radius 2 is 1.94 bits per heavy atom. The molecule has 0 aromatic heterocycles. The number of anilines is 1. The van der Waals surface area contributed by atoms with Crippen LogP contribution in [0.2, 0.25) is 0 Å². The van der Waals surface area contributed by atoms with Gasteiger partial charge in [0.2, 0.25) is 0 Å². The molecule has 98 valence electrons. The number of nitrogens with zero attached hydrogens (tertiary/aromatic N) is 1. The number of nitrogens with one attached hydrogen (secondary N) is 1. The van der Waals surface area contributed by atoms with Crippen molar-refractivity contribution in [1.29, 1.82) is 5.26 Å². The first kappa shape index (κ1) is 14.5. The fourth-order valence-corrected chi connectivity index (χ4v) is 1.99. The summed E-state index contributed by atoms with van der Waals surface area (Å²) in [6.07, 6.45) is 2.58. The molecule has 2 nitrogen and oxygen atoms in total. The van der Waals surface area contributed by atoms with Crippen molar-refractivity contribution < 1.29 is 4.39 Å². The van der Waals surface area contributed by atoms with Crippen LogP contribution in [-0.2, 0) is 0 Å². The fourth-order valence-electron chi connectivity index (χ4n) is 1.99. The van der Waals surface area contributed by atoms with Gasteiger partial charge in [-0.25, -0.2) is 4.39 Å². The minimum Gasteiger partial charge on any atom is -0.367 e. The first-order chi connectivity index (χ1) is 8.55. The molecular weight excluding hydrogens is 227 g/mol. The highest BCUT2D eigenvalue weighted by molar-refractivity contribution is 5.47. The van der Waals surface area contributed by atoms with Crippen LogP contribution in [0, 0.1) is 23.1 Å². The third-order valence-corrected chi connectivity index (χ3v) is 3.44. The minimum absolute atomic E-state index is 0.262. The predicted molar refractivity (Wildman–Crippen MR) is 72.7 cm³/mol. The van der Waals surface area contributed by atoms with Crippen molar-refractivity contribution in [3.05, 3.63) is 30.1 Å². The van der Waals surface area contributed by atoms with Gasteiger partial charge in [0, 0.05) is 5.69 Å². The zero-order valence-electron chi connectivity index (χ0n) is 11.3. The topological polar surface area (TPSA) is 35.8 Å². The molecule has 1 N–H and O–H groups in total. The molecule has 1 aromatic carbocycles. The molecule has 2 atom stereocenters. The molecule has 1 rings (SSSR count). The molecule has 2 unspecified atom stereocenters. The van der Waals surface area contributed by atoms with Crippen LogP contribution in [0.25, 0.3) is 0 Å². The number of halogens is 1. The lowest BCUT2D eigenvalue weighted by Crippen LogP contribution is -2.37. The second kappa shape index (κ2) is 6.39. The first-order valence-corrected chi connectivity index (χ1v) is 6.50. The maximum atomic E-state index is 12.9. The molecule has 18 heavy (non-hydrogen) atoms. The molecule has 0 bridgehead atoms. The Morgan fingerprint density at radius 1 is 1.33 bits per heavy atom. The van der Waals surface area contributed by atoms with Crippen LogP contribution >= 0.6 is 0 Å². The lowest BCUT2D eigenvalue weighted by atomic mass is 9.85. The van der Waals surface area contributed by atoms with Gasteiger partial charge in [0.05, 0.1) is 6.07 Å². The summed E-state index contributed by atoms with van der Waals surface area (Å²) in [4.78, 5) is 0. The van der Waals surface area contributed by atoms with E-state index in [2.05, 4.69) is 25.2 Å². The smallest absolute Gasteiger partial charge is 0.125 e. The molecular formula is C15H21FN2. The summed E-state index contributed by atoms with van der Waals surface area (Å²) in [5, 5.41) is 12.7. The average molecular weight is 248 g/mol. The molecule has 0 radical (unpaired) electrons. The van der Waals surface area contributed by atoms with E-state index in [1.165, 1.54) is 12.1 Å². The molecule has 3 heteroatoms. The highest BCUT2D eigenvalue weighted by Crippen LogP contribution is 2.27. The maximum absolute atomic E-state index is 12.9. The van der Waals surface area contributed by atoms with E-state index in [0.29, 0.717) is 5.92 Å². The number of rotatable bonds is 6. The van der Waals surface area contributed by atoms with Crippen molar-refractivity contribution in [2.75, 3.05) is 5.32 Å². The molecule has 0 aliphatic rings. The van der Waals surface area contributed by atoms with Gasteiger partial charge >= 0.3 is 0 Å². The summed E-state index contributed by atoms with van der Waals surface area (Å²) >= 11 is 0. The predicted octanol–water partition coefficient (Wildman–Crippen LogP) is 4.35. The summed E-state index contributed by atoms with van der Waals surface area (Å²) in [5.74, 6) is 0.221. The van der Waals surface area contributed by atoms with Gasteiger partial charge in [0.25, 0.3) is 0 Å². The molecule has 0 spiro atoms. The normalized spacial score (nSPS) is 15.5. The molecule has 0 amide bonds. The summed E-state index contributed by atoms with van der Waals surface area (Å²) < 4.78 is 12.9. The minimum atomic E-state index is -0.562. The highest BCUT2D eigenvalue weighted by atomic mass is 19.1. The quantitative estimate of drug-likeness (QED) is 0.812. The van der Waals surface area contributed by atoms with Crippen molar-refractivity contribution in [3.63, 3.8) is 0 Å². The summed E-state index contributed by atoms with van der Waals surface area (Å²) in [7, 11) is 0. The first-order valence-electron chi connectivity index (χ1n) is 6.50. The van der Waals surface area contributed by atoms with Gasteiger partial charge in [-0.2, -0.15) is 5.26 Å². The van der Waals surface area contributed by atoms with E-state index in [0.717, 1.165) is 24.9 Å².